The molecule has 2 heterocycles. The summed E-state index contributed by atoms with van der Waals surface area (Å²) in [5.74, 6) is 0. The van der Waals surface area contributed by atoms with E-state index >= 15 is 0 Å². The van der Waals surface area contributed by atoms with Crippen molar-refractivity contribution in [1.29, 1.82) is 0 Å². The van der Waals surface area contributed by atoms with Crippen LogP contribution in [0.2, 0.25) is 0 Å². The first-order valence-electron chi connectivity index (χ1n) is 5.04. The predicted octanol–water partition coefficient (Wildman–Crippen LogP) is -0.180. The number of nitrogens with one attached hydrogen (secondary N) is 2. The Kier molecular flexibility index (Phi) is 3.34. The predicted molar refractivity (Wildman–Crippen MR) is 70.2 cm³/mol. The number of fused-ring (bicyclic) bond motifs is 2. The van der Waals surface area contributed by atoms with E-state index in [0.29, 0.717) is 10.9 Å². The van der Waals surface area contributed by atoms with E-state index in [-0.39, 0.29) is 46.0 Å². The van der Waals surface area contributed by atoms with Crippen LogP contribution >= 0.6 is 0 Å². The molecule has 0 bridgehead atoms. The second-order valence-electron chi connectivity index (χ2n) is 3.85. The van der Waals surface area contributed by atoms with Gasteiger partial charge in [0.1, 0.15) is 0 Å². The van der Waals surface area contributed by atoms with Gasteiger partial charge in [0.25, 0.3) is 5.56 Å². The maximum atomic E-state index is 12.1. The quantitative estimate of drug-likeness (QED) is 0.543. The topological polar surface area (TPSA) is 91.5 Å². The first-order chi connectivity index (χ1) is 8.16. The Morgan fingerprint density at radius 1 is 1.11 bits per heavy atom. The number of H-pyrrole nitrogens is 2. The third-order valence-corrected chi connectivity index (χ3v) is 2.65. The average Bonchev–Trinajstić information content (AvgIpc) is 2.74. The van der Waals surface area contributed by atoms with Gasteiger partial charge >= 0.3 is 29.6 Å². The van der Waals surface area contributed by atoms with Crippen molar-refractivity contribution in [2.45, 2.75) is 6.92 Å². The van der Waals surface area contributed by atoms with Gasteiger partial charge in [-0.2, -0.15) is 15.4 Å². The van der Waals surface area contributed by atoms with Gasteiger partial charge in [0.2, 0.25) is 5.43 Å². The second-order valence-corrected chi connectivity index (χ2v) is 3.85. The van der Waals surface area contributed by atoms with Gasteiger partial charge in [-0.3, -0.25) is 9.59 Å². The molecule has 0 atom stereocenters. The summed E-state index contributed by atoms with van der Waals surface area (Å²) in [6, 6.07) is 5.24. The molecule has 0 aliphatic carbocycles. The Morgan fingerprint density at radius 2 is 1.83 bits per heavy atom. The molecule has 1 aromatic carbocycles. The third-order valence-electron chi connectivity index (χ3n) is 2.65. The molecule has 2 N–H and O–H groups in total. The van der Waals surface area contributed by atoms with Gasteiger partial charge in [-0.15, -0.1) is 0 Å². The number of rotatable bonds is 0. The number of hydrogen-bond donors (Lipinski definition) is 2. The molecule has 0 aliphatic rings. The van der Waals surface area contributed by atoms with E-state index in [4.69, 9.17) is 0 Å². The summed E-state index contributed by atoms with van der Waals surface area (Å²) >= 11 is 0. The molecule has 0 fully saturated rings. The summed E-state index contributed by atoms with van der Waals surface area (Å²) in [7, 11) is 0. The van der Waals surface area contributed by atoms with Crippen LogP contribution in [0, 0.1) is 6.92 Å². The fourth-order valence-corrected chi connectivity index (χ4v) is 1.82. The minimum absolute atomic E-state index is 0. The normalized spacial score (nSPS) is 10.5. The number of benzene rings is 1. The van der Waals surface area contributed by atoms with Crippen molar-refractivity contribution in [3.8, 4) is 0 Å². The standard InChI is InChI=1S/C11H8N4O2.Na.H/c1-5-2-3-6-7(4-5)12-11(17)9-8(10(6)16)13-15-14-9;;/h2-4H,1H3,(H,12,17)(H,13,14,15);;. The molecule has 18 heavy (non-hydrogen) atoms. The van der Waals surface area contributed by atoms with Crippen LogP contribution in [0.3, 0.4) is 0 Å². The van der Waals surface area contributed by atoms with E-state index in [2.05, 4.69) is 20.4 Å². The third kappa shape index (κ3) is 1.88. The average molecular weight is 252 g/mol. The Bertz CT molecular complexity index is 853. The summed E-state index contributed by atoms with van der Waals surface area (Å²) in [6.45, 7) is 1.89. The van der Waals surface area contributed by atoms with Gasteiger partial charge in [0, 0.05) is 5.39 Å². The fraction of sp³-hybridized carbons (Fsp3) is 0.0909. The number of aryl methyl sites for hydroxylation is 1. The molecule has 3 rings (SSSR count). The first kappa shape index (κ1) is 12.9. The second kappa shape index (κ2) is 4.64. The molecule has 3 aromatic rings. The van der Waals surface area contributed by atoms with Crippen LogP contribution in [-0.2, 0) is 0 Å². The zero-order valence-corrected chi connectivity index (χ0v) is 8.94. The van der Waals surface area contributed by atoms with Crippen molar-refractivity contribution in [1.82, 2.24) is 20.4 Å². The van der Waals surface area contributed by atoms with E-state index in [1.165, 1.54) is 0 Å². The molecule has 0 amide bonds. The van der Waals surface area contributed by atoms with Crippen LogP contribution in [0.5, 0.6) is 0 Å². The number of aromatic nitrogens is 4. The van der Waals surface area contributed by atoms with Crippen LogP contribution in [-0.4, -0.2) is 50.0 Å². The zero-order chi connectivity index (χ0) is 12.0. The number of hydrogen-bond acceptors (Lipinski definition) is 4. The molecular weight excluding hydrogens is 243 g/mol. The van der Waals surface area contributed by atoms with Gasteiger partial charge in [0.05, 0.1) is 5.52 Å². The molecule has 0 saturated carbocycles. The molecule has 7 heteroatoms. The summed E-state index contributed by atoms with van der Waals surface area (Å²) in [5, 5.41) is 10.1. The number of aromatic amines is 2. The van der Waals surface area contributed by atoms with Crippen molar-refractivity contribution in [3.05, 3.63) is 44.3 Å². The Hall–Kier alpha value is -1.50. The van der Waals surface area contributed by atoms with Crippen molar-refractivity contribution in [3.63, 3.8) is 0 Å². The van der Waals surface area contributed by atoms with Gasteiger partial charge < -0.3 is 4.98 Å². The molecule has 2 aromatic heterocycles. The fourth-order valence-electron chi connectivity index (χ4n) is 1.82. The summed E-state index contributed by atoms with van der Waals surface area (Å²) < 4.78 is 0. The summed E-state index contributed by atoms with van der Waals surface area (Å²) in [6.07, 6.45) is 0. The summed E-state index contributed by atoms with van der Waals surface area (Å²) in [5.41, 5.74) is 0.827. The van der Waals surface area contributed by atoms with Gasteiger partial charge in [-0.1, -0.05) is 6.07 Å². The SMILES string of the molecule is Cc1ccc2c(=O)c3n[nH]nc3c(=O)[nH]c2c1.[NaH]. The Labute approximate surface area is 123 Å². The van der Waals surface area contributed by atoms with E-state index in [1.54, 1.807) is 12.1 Å². The number of nitrogens with zero attached hydrogens (tertiary/aromatic N) is 2. The molecule has 86 valence electrons. The van der Waals surface area contributed by atoms with E-state index in [9.17, 15) is 9.59 Å². The zero-order valence-electron chi connectivity index (χ0n) is 8.94. The molecule has 0 unspecified atom stereocenters. The molecule has 0 saturated heterocycles. The van der Waals surface area contributed by atoms with Crippen molar-refractivity contribution >= 4 is 51.5 Å². The molecular formula is C11H9N4NaO2. The van der Waals surface area contributed by atoms with Gasteiger partial charge in [-0.25, -0.2) is 0 Å². The van der Waals surface area contributed by atoms with Crippen LogP contribution < -0.4 is 11.0 Å². The van der Waals surface area contributed by atoms with Gasteiger partial charge in [-0.05, 0) is 24.6 Å². The van der Waals surface area contributed by atoms with Crippen molar-refractivity contribution < 1.29 is 0 Å². The van der Waals surface area contributed by atoms with Gasteiger partial charge in [0.15, 0.2) is 11.0 Å². The van der Waals surface area contributed by atoms with Crippen molar-refractivity contribution in [2.75, 3.05) is 0 Å². The van der Waals surface area contributed by atoms with E-state index in [1.807, 2.05) is 13.0 Å². The molecule has 0 radical (unpaired) electrons. The maximum absolute atomic E-state index is 12.1. The molecule has 0 aliphatic heterocycles. The van der Waals surface area contributed by atoms with Crippen LogP contribution in [0.4, 0.5) is 0 Å². The Balaban J connectivity index is 0.00000120. The first-order valence-corrected chi connectivity index (χ1v) is 5.04. The van der Waals surface area contributed by atoms with E-state index in [0.717, 1.165) is 5.56 Å². The van der Waals surface area contributed by atoms with Crippen LogP contribution in [0.1, 0.15) is 5.56 Å². The van der Waals surface area contributed by atoms with Crippen molar-refractivity contribution in [2.24, 2.45) is 0 Å². The molecule has 6 nitrogen and oxygen atoms in total. The monoisotopic (exact) mass is 252 g/mol. The minimum atomic E-state index is -0.425. The summed E-state index contributed by atoms with van der Waals surface area (Å²) in [4.78, 5) is 26.6. The van der Waals surface area contributed by atoms with E-state index < -0.39 is 5.56 Å². The van der Waals surface area contributed by atoms with Crippen LogP contribution in [0.15, 0.2) is 27.8 Å². The Morgan fingerprint density at radius 3 is 2.61 bits per heavy atom. The molecule has 0 spiro atoms. The van der Waals surface area contributed by atoms with Crippen LogP contribution in [0.25, 0.3) is 21.9 Å².